The largest absolute Gasteiger partial charge is 0.314 e. The Morgan fingerprint density at radius 1 is 1.46 bits per heavy atom. The van der Waals surface area contributed by atoms with E-state index in [0.717, 1.165) is 6.04 Å². The first kappa shape index (κ1) is 9.46. The summed E-state index contributed by atoms with van der Waals surface area (Å²) in [6.07, 6.45) is 3.87. The molecule has 1 aromatic rings. The number of benzene rings is 1. The van der Waals surface area contributed by atoms with Crippen molar-refractivity contribution < 1.29 is 0 Å². The summed E-state index contributed by atoms with van der Waals surface area (Å²) in [7, 11) is 0. The summed E-state index contributed by atoms with van der Waals surface area (Å²) in [6.45, 7) is 1.20. The fourth-order valence-electron chi connectivity index (χ4n) is 1.88. The van der Waals surface area contributed by atoms with E-state index < -0.39 is 0 Å². The molecule has 0 aliphatic carbocycles. The van der Waals surface area contributed by atoms with Gasteiger partial charge in [0.25, 0.3) is 0 Å². The van der Waals surface area contributed by atoms with Crippen molar-refractivity contribution in [3.8, 4) is 0 Å². The summed E-state index contributed by atoms with van der Waals surface area (Å²) in [6, 6.07) is 9.51. The maximum Gasteiger partial charge on any atom is 0.0133 e. The predicted octanol–water partition coefficient (Wildman–Crippen LogP) is 2.59. The van der Waals surface area contributed by atoms with Gasteiger partial charge in [-0.2, -0.15) is 0 Å². The lowest BCUT2D eigenvalue weighted by Crippen LogP contribution is -2.23. The summed E-state index contributed by atoms with van der Waals surface area (Å²) < 4.78 is 1.34. The van der Waals surface area contributed by atoms with Crippen LogP contribution in [0.25, 0.3) is 0 Å². The highest BCUT2D eigenvalue weighted by atomic mass is 127. The van der Waals surface area contributed by atoms with Crippen molar-refractivity contribution in [2.75, 3.05) is 6.54 Å². The smallest absolute Gasteiger partial charge is 0.0133 e. The molecule has 2 rings (SSSR count). The Kier molecular flexibility index (Phi) is 3.22. The molecule has 1 aliphatic heterocycles. The zero-order valence-corrected chi connectivity index (χ0v) is 9.75. The van der Waals surface area contributed by atoms with Crippen LogP contribution in [0.3, 0.4) is 0 Å². The molecule has 1 aliphatic rings. The molecule has 1 nitrogen and oxygen atoms in total. The zero-order chi connectivity index (χ0) is 9.10. The molecule has 1 heterocycles. The normalized spacial score (nSPS) is 22.1. The number of halogens is 1. The molecule has 0 bridgehead atoms. The Labute approximate surface area is 93.1 Å². The summed E-state index contributed by atoms with van der Waals surface area (Å²) in [5.41, 5.74) is 1.46. The Hall–Kier alpha value is -0.0900. The summed E-state index contributed by atoms with van der Waals surface area (Å²) in [4.78, 5) is 0. The molecule has 70 valence electrons. The van der Waals surface area contributed by atoms with Gasteiger partial charge in [0.05, 0.1) is 0 Å². The van der Waals surface area contributed by atoms with Crippen molar-refractivity contribution in [2.45, 2.75) is 25.3 Å². The van der Waals surface area contributed by atoms with Crippen LogP contribution in [-0.4, -0.2) is 12.6 Å². The van der Waals surface area contributed by atoms with E-state index in [2.05, 4.69) is 52.2 Å². The van der Waals surface area contributed by atoms with Crippen LogP contribution in [0, 0.1) is 3.57 Å². The second kappa shape index (κ2) is 4.42. The van der Waals surface area contributed by atoms with Crippen LogP contribution in [0.5, 0.6) is 0 Å². The molecule has 2 heteroatoms. The number of hydrogen-bond acceptors (Lipinski definition) is 1. The average Bonchev–Trinajstić information content (AvgIpc) is 2.57. The second-order valence-corrected chi connectivity index (χ2v) is 4.87. The first-order chi connectivity index (χ1) is 6.34. The molecular formula is C11H14IN. The third-order valence-corrected chi connectivity index (χ3v) is 3.20. The van der Waals surface area contributed by atoms with E-state index in [1.807, 2.05) is 0 Å². The Morgan fingerprint density at radius 3 is 3.08 bits per heavy atom. The van der Waals surface area contributed by atoms with Gasteiger partial charge in [0.1, 0.15) is 0 Å². The Morgan fingerprint density at radius 2 is 2.38 bits per heavy atom. The fourth-order valence-corrected chi connectivity index (χ4v) is 2.49. The highest BCUT2D eigenvalue weighted by Crippen LogP contribution is 2.14. The molecule has 13 heavy (non-hydrogen) atoms. The van der Waals surface area contributed by atoms with Gasteiger partial charge < -0.3 is 5.32 Å². The third kappa shape index (κ3) is 2.68. The van der Waals surface area contributed by atoms with Crippen LogP contribution >= 0.6 is 22.6 Å². The maximum absolute atomic E-state index is 3.52. The van der Waals surface area contributed by atoms with Crippen molar-refractivity contribution in [3.63, 3.8) is 0 Å². The van der Waals surface area contributed by atoms with Gasteiger partial charge in [-0.25, -0.2) is 0 Å². The monoisotopic (exact) mass is 287 g/mol. The molecule has 1 aromatic carbocycles. The minimum Gasteiger partial charge on any atom is -0.314 e. The van der Waals surface area contributed by atoms with Crippen molar-refractivity contribution in [1.29, 1.82) is 0 Å². The molecule has 0 amide bonds. The molecule has 0 aromatic heterocycles. The highest BCUT2D eigenvalue weighted by molar-refractivity contribution is 14.1. The van der Waals surface area contributed by atoms with E-state index >= 15 is 0 Å². The van der Waals surface area contributed by atoms with Gasteiger partial charge in [-0.15, -0.1) is 0 Å². The molecule has 0 saturated carbocycles. The first-order valence-electron chi connectivity index (χ1n) is 4.82. The van der Waals surface area contributed by atoms with Crippen LogP contribution in [0.4, 0.5) is 0 Å². The molecule has 1 saturated heterocycles. The summed E-state index contributed by atoms with van der Waals surface area (Å²) in [5, 5.41) is 3.52. The van der Waals surface area contributed by atoms with Crippen LogP contribution < -0.4 is 5.32 Å². The summed E-state index contributed by atoms with van der Waals surface area (Å²) >= 11 is 2.37. The highest BCUT2D eigenvalue weighted by Gasteiger charge is 2.13. The van der Waals surface area contributed by atoms with Gasteiger partial charge in [-0.05, 0) is 66.1 Å². The molecule has 1 atom stereocenters. The number of nitrogens with one attached hydrogen (secondary N) is 1. The van der Waals surface area contributed by atoms with Crippen LogP contribution in [-0.2, 0) is 6.42 Å². The van der Waals surface area contributed by atoms with Gasteiger partial charge in [-0.1, -0.05) is 12.1 Å². The number of hydrogen-bond donors (Lipinski definition) is 1. The zero-order valence-electron chi connectivity index (χ0n) is 7.59. The van der Waals surface area contributed by atoms with E-state index in [9.17, 15) is 0 Å². The van der Waals surface area contributed by atoms with Crippen molar-refractivity contribution >= 4 is 22.6 Å². The van der Waals surface area contributed by atoms with Gasteiger partial charge >= 0.3 is 0 Å². The molecular weight excluding hydrogens is 273 g/mol. The maximum atomic E-state index is 3.52. The molecule has 0 spiro atoms. The van der Waals surface area contributed by atoms with Crippen LogP contribution in [0.1, 0.15) is 18.4 Å². The minimum absolute atomic E-state index is 0.721. The fraction of sp³-hybridized carbons (Fsp3) is 0.455. The van der Waals surface area contributed by atoms with E-state index in [0.29, 0.717) is 0 Å². The molecule has 1 N–H and O–H groups in total. The van der Waals surface area contributed by atoms with Crippen LogP contribution in [0.15, 0.2) is 24.3 Å². The van der Waals surface area contributed by atoms with Gasteiger partial charge in [-0.3, -0.25) is 0 Å². The van der Waals surface area contributed by atoms with E-state index in [-0.39, 0.29) is 0 Å². The van der Waals surface area contributed by atoms with Gasteiger partial charge in [0.15, 0.2) is 0 Å². The van der Waals surface area contributed by atoms with Crippen LogP contribution in [0.2, 0.25) is 0 Å². The van der Waals surface area contributed by atoms with Gasteiger partial charge in [0.2, 0.25) is 0 Å². The number of rotatable bonds is 2. The molecule has 0 radical (unpaired) electrons. The Balaban J connectivity index is 2.00. The van der Waals surface area contributed by atoms with E-state index in [1.165, 1.54) is 34.9 Å². The second-order valence-electron chi connectivity index (χ2n) is 3.63. The van der Waals surface area contributed by atoms with E-state index in [4.69, 9.17) is 0 Å². The predicted molar refractivity (Wildman–Crippen MR) is 63.9 cm³/mol. The van der Waals surface area contributed by atoms with E-state index in [1.54, 1.807) is 0 Å². The standard InChI is InChI=1S/C11H14IN/c12-10-4-1-3-9(7-10)8-11-5-2-6-13-11/h1,3-4,7,11,13H,2,5-6,8H2. The summed E-state index contributed by atoms with van der Waals surface area (Å²) in [5.74, 6) is 0. The van der Waals surface area contributed by atoms with Gasteiger partial charge in [0, 0.05) is 9.61 Å². The lowest BCUT2D eigenvalue weighted by atomic mass is 10.1. The average molecular weight is 287 g/mol. The quantitative estimate of drug-likeness (QED) is 0.824. The Bertz CT molecular complexity index is 279. The minimum atomic E-state index is 0.721. The first-order valence-corrected chi connectivity index (χ1v) is 5.90. The topological polar surface area (TPSA) is 12.0 Å². The molecule has 1 fully saturated rings. The lowest BCUT2D eigenvalue weighted by Gasteiger charge is -2.09. The van der Waals surface area contributed by atoms with Crippen molar-refractivity contribution in [3.05, 3.63) is 33.4 Å². The van der Waals surface area contributed by atoms with Crippen molar-refractivity contribution in [1.82, 2.24) is 5.32 Å². The lowest BCUT2D eigenvalue weighted by molar-refractivity contribution is 0.603. The van der Waals surface area contributed by atoms with Crippen molar-refractivity contribution in [2.24, 2.45) is 0 Å². The molecule has 1 unspecified atom stereocenters. The third-order valence-electron chi connectivity index (χ3n) is 2.53. The SMILES string of the molecule is Ic1cccc(CC2CCCN2)c1.